The number of anilines is 1. The Balaban J connectivity index is 2.38. The van der Waals surface area contributed by atoms with Gasteiger partial charge in [0.1, 0.15) is 0 Å². The lowest BCUT2D eigenvalue weighted by molar-refractivity contribution is -0.384. The molecule has 1 heterocycles. The van der Waals surface area contributed by atoms with E-state index in [0.717, 1.165) is 38.2 Å². The fourth-order valence-corrected chi connectivity index (χ4v) is 2.92. The first-order valence-corrected chi connectivity index (χ1v) is 7.25. The zero-order valence-corrected chi connectivity index (χ0v) is 12.5. The predicted molar refractivity (Wildman–Crippen MR) is 82.0 cm³/mol. The fraction of sp³-hybridized carbons (Fsp3) is 0.533. The molecule has 0 spiro atoms. The minimum Gasteiger partial charge on any atom is -0.367 e. The highest BCUT2D eigenvalue weighted by molar-refractivity contribution is 5.86. The average molecular weight is 291 g/mol. The molecule has 6 heteroatoms. The Hall–Kier alpha value is -1.95. The number of carbonyl (C=O) groups is 1. The molecule has 1 atom stereocenters. The second-order valence-corrected chi connectivity index (χ2v) is 5.49. The Bertz CT molecular complexity index is 533. The summed E-state index contributed by atoms with van der Waals surface area (Å²) in [5, 5.41) is 10.8. The van der Waals surface area contributed by atoms with E-state index in [2.05, 4.69) is 23.8 Å². The molecular weight excluding hydrogens is 270 g/mol. The zero-order chi connectivity index (χ0) is 15.4. The molecule has 1 aliphatic heterocycles. The lowest BCUT2D eigenvalue weighted by Gasteiger charge is -2.33. The van der Waals surface area contributed by atoms with Gasteiger partial charge in [0.15, 0.2) is 6.29 Å². The first-order chi connectivity index (χ1) is 10.1. The van der Waals surface area contributed by atoms with Gasteiger partial charge in [-0.3, -0.25) is 14.9 Å². The number of benzene rings is 1. The number of non-ortho nitro benzene ring substituents is 1. The van der Waals surface area contributed by atoms with E-state index in [-0.39, 0.29) is 5.69 Å². The van der Waals surface area contributed by atoms with Crippen molar-refractivity contribution in [3.63, 3.8) is 0 Å². The number of carbonyl (C=O) groups excluding carboxylic acids is 1. The second kappa shape index (κ2) is 6.67. The smallest absolute Gasteiger partial charge is 0.270 e. The quantitative estimate of drug-likeness (QED) is 0.484. The highest BCUT2D eigenvalue weighted by atomic mass is 16.6. The van der Waals surface area contributed by atoms with Gasteiger partial charge in [0.25, 0.3) is 5.69 Å². The van der Waals surface area contributed by atoms with Gasteiger partial charge in [-0.05, 0) is 32.5 Å². The van der Waals surface area contributed by atoms with Crippen LogP contribution in [0.25, 0.3) is 0 Å². The number of aldehydes is 1. The molecule has 0 aromatic heterocycles. The van der Waals surface area contributed by atoms with Crippen molar-refractivity contribution in [1.82, 2.24) is 4.90 Å². The number of nitro benzene ring substituents is 1. The van der Waals surface area contributed by atoms with E-state index in [4.69, 9.17) is 0 Å². The fourth-order valence-electron chi connectivity index (χ4n) is 2.92. The average Bonchev–Trinajstić information content (AvgIpc) is 2.67. The third-order valence-electron chi connectivity index (χ3n) is 4.03. The Morgan fingerprint density at radius 2 is 2.19 bits per heavy atom. The summed E-state index contributed by atoms with van der Waals surface area (Å²) >= 11 is 0. The molecule has 21 heavy (non-hydrogen) atoms. The number of hydrogen-bond donors (Lipinski definition) is 0. The normalized spacial score (nSPS) is 20.1. The molecular formula is C15H21N3O3. The van der Waals surface area contributed by atoms with Gasteiger partial charge in [-0.15, -0.1) is 0 Å². The molecule has 1 fully saturated rings. The molecule has 1 aliphatic rings. The van der Waals surface area contributed by atoms with Crippen molar-refractivity contribution in [1.29, 1.82) is 0 Å². The van der Waals surface area contributed by atoms with Gasteiger partial charge in [0, 0.05) is 42.5 Å². The van der Waals surface area contributed by atoms with Crippen LogP contribution in [0.3, 0.4) is 0 Å². The number of likely N-dealkylation sites (N-methyl/N-ethyl adjacent to an activating group) is 1. The van der Waals surface area contributed by atoms with Gasteiger partial charge in [0.2, 0.25) is 0 Å². The van der Waals surface area contributed by atoms with Gasteiger partial charge in [-0.2, -0.15) is 0 Å². The van der Waals surface area contributed by atoms with Gasteiger partial charge < -0.3 is 9.80 Å². The van der Waals surface area contributed by atoms with E-state index in [9.17, 15) is 14.9 Å². The predicted octanol–water partition coefficient (Wildman–Crippen LogP) is 2.33. The largest absolute Gasteiger partial charge is 0.367 e. The molecule has 0 radical (unpaired) electrons. The first kappa shape index (κ1) is 15.4. The highest BCUT2D eigenvalue weighted by Crippen LogP contribution is 2.28. The number of nitro groups is 1. The summed E-state index contributed by atoms with van der Waals surface area (Å²) in [5.74, 6) is 0. The standard InChI is InChI=1S/C15H21N3O3/c1-3-13-10-16(2)7-4-8-17(13)15-6-5-14(18(20)21)9-12(15)11-19/h5-6,9,11,13H,3-4,7-8,10H2,1-2H3. The lowest BCUT2D eigenvalue weighted by atomic mass is 10.1. The first-order valence-electron chi connectivity index (χ1n) is 7.25. The minimum atomic E-state index is -0.468. The van der Waals surface area contributed by atoms with Crippen LogP contribution < -0.4 is 4.90 Å². The zero-order valence-electron chi connectivity index (χ0n) is 12.5. The third-order valence-corrected chi connectivity index (χ3v) is 4.03. The van der Waals surface area contributed by atoms with Crippen LogP contribution in [0.5, 0.6) is 0 Å². The molecule has 0 amide bonds. The maximum atomic E-state index is 11.3. The van der Waals surface area contributed by atoms with Crippen molar-refractivity contribution in [2.75, 3.05) is 31.6 Å². The third kappa shape index (κ3) is 3.39. The minimum absolute atomic E-state index is 0.0409. The van der Waals surface area contributed by atoms with E-state index < -0.39 is 4.92 Å². The maximum Gasteiger partial charge on any atom is 0.270 e. The van der Waals surface area contributed by atoms with E-state index in [0.29, 0.717) is 17.9 Å². The van der Waals surface area contributed by atoms with Gasteiger partial charge in [0.05, 0.1) is 4.92 Å². The Kier molecular flexibility index (Phi) is 4.90. The molecule has 0 aliphatic carbocycles. The van der Waals surface area contributed by atoms with Crippen LogP contribution >= 0.6 is 0 Å². The van der Waals surface area contributed by atoms with E-state index in [1.807, 2.05) is 0 Å². The summed E-state index contributed by atoms with van der Waals surface area (Å²) in [6, 6.07) is 4.86. The number of rotatable bonds is 4. The van der Waals surface area contributed by atoms with Crippen LogP contribution in [0.1, 0.15) is 30.1 Å². The summed E-state index contributed by atoms with van der Waals surface area (Å²) in [6.07, 6.45) is 2.70. The van der Waals surface area contributed by atoms with Gasteiger partial charge in [-0.25, -0.2) is 0 Å². The SMILES string of the molecule is CCC1CN(C)CCCN1c1ccc([N+](=O)[O-])cc1C=O. The van der Waals surface area contributed by atoms with Crippen LogP contribution in [0, 0.1) is 10.1 Å². The van der Waals surface area contributed by atoms with Crippen LogP contribution in [0.2, 0.25) is 0 Å². The van der Waals surface area contributed by atoms with E-state index in [1.54, 1.807) is 6.07 Å². The van der Waals surface area contributed by atoms with Crippen LogP contribution in [0.15, 0.2) is 18.2 Å². The summed E-state index contributed by atoms with van der Waals surface area (Å²) in [7, 11) is 2.10. The maximum absolute atomic E-state index is 11.3. The molecule has 0 N–H and O–H groups in total. The summed E-state index contributed by atoms with van der Waals surface area (Å²) in [4.78, 5) is 26.2. The molecule has 2 rings (SSSR count). The molecule has 6 nitrogen and oxygen atoms in total. The Morgan fingerprint density at radius 3 is 2.81 bits per heavy atom. The van der Waals surface area contributed by atoms with Crippen LogP contribution in [-0.4, -0.2) is 48.8 Å². The van der Waals surface area contributed by atoms with E-state index in [1.165, 1.54) is 12.1 Å². The topological polar surface area (TPSA) is 66.7 Å². The molecule has 1 saturated heterocycles. The number of nitrogens with zero attached hydrogens (tertiary/aromatic N) is 3. The van der Waals surface area contributed by atoms with Crippen molar-refractivity contribution in [2.24, 2.45) is 0 Å². The molecule has 0 bridgehead atoms. The van der Waals surface area contributed by atoms with Crippen LogP contribution in [-0.2, 0) is 0 Å². The van der Waals surface area contributed by atoms with Crippen LogP contribution in [0.4, 0.5) is 11.4 Å². The second-order valence-electron chi connectivity index (χ2n) is 5.49. The van der Waals surface area contributed by atoms with Crippen molar-refractivity contribution >= 4 is 17.7 Å². The summed E-state index contributed by atoms with van der Waals surface area (Å²) in [5.41, 5.74) is 1.16. The van der Waals surface area contributed by atoms with Crippen molar-refractivity contribution < 1.29 is 9.72 Å². The summed E-state index contributed by atoms with van der Waals surface area (Å²) in [6.45, 7) is 4.95. The molecule has 1 unspecified atom stereocenters. The molecule has 0 saturated carbocycles. The van der Waals surface area contributed by atoms with E-state index >= 15 is 0 Å². The van der Waals surface area contributed by atoms with Crippen molar-refractivity contribution in [3.8, 4) is 0 Å². The Morgan fingerprint density at radius 1 is 1.43 bits per heavy atom. The van der Waals surface area contributed by atoms with Gasteiger partial charge >= 0.3 is 0 Å². The lowest BCUT2D eigenvalue weighted by Crippen LogP contribution is -2.40. The number of hydrogen-bond acceptors (Lipinski definition) is 5. The van der Waals surface area contributed by atoms with Crippen molar-refractivity contribution in [3.05, 3.63) is 33.9 Å². The molecule has 114 valence electrons. The molecule has 1 aromatic carbocycles. The Labute approximate surface area is 124 Å². The van der Waals surface area contributed by atoms with Gasteiger partial charge in [-0.1, -0.05) is 6.92 Å². The molecule has 1 aromatic rings. The highest BCUT2D eigenvalue weighted by Gasteiger charge is 2.24. The monoisotopic (exact) mass is 291 g/mol. The summed E-state index contributed by atoms with van der Waals surface area (Å²) < 4.78 is 0. The van der Waals surface area contributed by atoms with Crippen molar-refractivity contribution in [2.45, 2.75) is 25.8 Å².